The lowest BCUT2D eigenvalue weighted by molar-refractivity contribution is 0.0213. The molecule has 1 aliphatic carbocycles. The lowest BCUT2D eigenvalue weighted by atomic mass is 10.1. The molecule has 0 N–H and O–H groups in total. The zero-order valence-corrected chi connectivity index (χ0v) is 17.0. The lowest BCUT2D eigenvalue weighted by Gasteiger charge is -2.41. The van der Waals surface area contributed by atoms with Crippen molar-refractivity contribution in [1.29, 1.82) is 0 Å². The van der Waals surface area contributed by atoms with Gasteiger partial charge in [0.05, 0.1) is 5.75 Å². The van der Waals surface area contributed by atoms with Gasteiger partial charge in [0, 0.05) is 31.9 Å². The number of sulfone groups is 1. The maximum absolute atomic E-state index is 12.9. The Morgan fingerprint density at radius 1 is 1.22 bits per heavy atom. The molecule has 0 spiro atoms. The number of nitrogens with zero attached hydrogens (tertiary/aromatic N) is 3. The number of carbonyl (C=O) groups is 1. The van der Waals surface area contributed by atoms with Gasteiger partial charge in [-0.1, -0.05) is 0 Å². The number of aromatic nitrogens is 1. The Morgan fingerprint density at radius 2 is 1.96 bits per heavy atom. The number of carbonyl (C=O) groups excluding carboxylic acids is 1. The predicted molar refractivity (Wildman–Crippen MR) is 102 cm³/mol. The van der Waals surface area contributed by atoms with E-state index in [1.807, 2.05) is 33.0 Å². The maximum Gasteiger partial charge on any atom is 0.410 e. The van der Waals surface area contributed by atoms with Crippen LogP contribution in [-0.2, 0) is 14.6 Å². The van der Waals surface area contributed by atoms with Crippen molar-refractivity contribution in [3.63, 3.8) is 0 Å². The minimum Gasteiger partial charge on any atom is -0.444 e. The van der Waals surface area contributed by atoms with E-state index in [0.717, 1.165) is 18.4 Å². The molecule has 1 saturated carbocycles. The number of hydrogen-bond donors (Lipinski definition) is 0. The van der Waals surface area contributed by atoms with E-state index in [9.17, 15) is 13.2 Å². The Labute approximate surface area is 160 Å². The van der Waals surface area contributed by atoms with E-state index in [0.29, 0.717) is 42.7 Å². The lowest BCUT2D eigenvalue weighted by Crippen LogP contribution is -2.55. The second-order valence-electron chi connectivity index (χ2n) is 8.75. The van der Waals surface area contributed by atoms with Crippen LogP contribution in [0, 0.1) is 0 Å². The molecule has 1 amide bonds. The molecule has 148 valence electrons. The van der Waals surface area contributed by atoms with Crippen molar-refractivity contribution in [1.82, 2.24) is 9.88 Å². The van der Waals surface area contributed by atoms with Gasteiger partial charge < -0.3 is 14.5 Å². The van der Waals surface area contributed by atoms with E-state index in [-0.39, 0.29) is 17.9 Å². The number of fused-ring (bicyclic) bond motifs is 3. The number of pyridine rings is 1. The van der Waals surface area contributed by atoms with E-state index in [1.54, 1.807) is 4.90 Å². The Bertz CT molecular complexity index is 858. The van der Waals surface area contributed by atoms with Crippen molar-refractivity contribution in [3.8, 4) is 0 Å². The van der Waals surface area contributed by atoms with Crippen molar-refractivity contribution >= 4 is 21.7 Å². The summed E-state index contributed by atoms with van der Waals surface area (Å²) in [5.74, 6) is 1.09. The van der Waals surface area contributed by atoms with Crippen LogP contribution in [0.2, 0.25) is 0 Å². The average Bonchev–Trinajstić information content (AvgIpc) is 3.43. The third kappa shape index (κ3) is 3.77. The molecule has 0 bridgehead atoms. The summed E-state index contributed by atoms with van der Waals surface area (Å²) in [6, 6.07) is 1.76. The van der Waals surface area contributed by atoms with Crippen LogP contribution in [0.1, 0.15) is 51.5 Å². The fourth-order valence-corrected chi connectivity index (χ4v) is 5.38. The van der Waals surface area contributed by atoms with Gasteiger partial charge in [0.25, 0.3) is 0 Å². The summed E-state index contributed by atoms with van der Waals surface area (Å²) >= 11 is 0. The molecule has 1 unspecified atom stereocenters. The van der Waals surface area contributed by atoms with Crippen molar-refractivity contribution in [2.45, 2.75) is 62.5 Å². The monoisotopic (exact) mass is 393 g/mol. The molecule has 2 aliphatic heterocycles. The van der Waals surface area contributed by atoms with Crippen LogP contribution in [0.25, 0.3) is 0 Å². The summed E-state index contributed by atoms with van der Waals surface area (Å²) in [6.07, 6.45) is 4.19. The van der Waals surface area contributed by atoms with Crippen molar-refractivity contribution in [2.24, 2.45) is 0 Å². The summed E-state index contributed by atoms with van der Waals surface area (Å²) < 4.78 is 31.2. The summed E-state index contributed by atoms with van der Waals surface area (Å²) in [5.41, 5.74) is 0.483. The smallest absolute Gasteiger partial charge is 0.410 e. The Balaban J connectivity index is 1.60. The molecule has 1 aromatic heterocycles. The predicted octanol–water partition coefficient (Wildman–Crippen LogP) is 2.56. The van der Waals surface area contributed by atoms with E-state index in [2.05, 4.69) is 9.88 Å². The van der Waals surface area contributed by atoms with Gasteiger partial charge in [-0.15, -0.1) is 0 Å². The van der Waals surface area contributed by atoms with Gasteiger partial charge in [0.15, 0.2) is 9.84 Å². The molecule has 7 nitrogen and oxygen atoms in total. The van der Waals surface area contributed by atoms with Gasteiger partial charge in [0.2, 0.25) is 0 Å². The standard InChI is InChI=1S/C19H27N3O4S/c1-19(2,3)26-18(23)21-7-8-22-15(12-21)6-9-27(24,25)16-10-14(13-4-5-13)11-20-17(16)22/h10-11,13,15H,4-9,12H2,1-3H3. The second kappa shape index (κ2) is 6.36. The maximum atomic E-state index is 12.9. The van der Waals surface area contributed by atoms with E-state index in [1.165, 1.54) is 0 Å². The first-order valence-corrected chi connectivity index (χ1v) is 11.3. The van der Waals surface area contributed by atoms with Gasteiger partial charge in [-0.05, 0) is 57.6 Å². The Hall–Kier alpha value is -1.83. The first-order valence-electron chi connectivity index (χ1n) is 9.61. The molecule has 1 saturated heterocycles. The van der Waals surface area contributed by atoms with Crippen molar-refractivity contribution in [3.05, 3.63) is 17.8 Å². The largest absolute Gasteiger partial charge is 0.444 e. The van der Waals surface area contributed by atoms with Crippen molar-refractivity contribution in [2.75, 3.05) is 30.3 Å². The van der Waals surface area contributed by atoms with Crippen LogP contribution in [0.5, 0.6) is 0 Å². The molecule has 0 aromatic carbocycles. The van der Waals surface area contributed by atoms with E-state index >= 15 is 0 Å². The summed E-state index contributed by atoms with van der Waals surface area (Å²) in [5, 5.41) is 0. The minimum atomic E-state index is -3.37. The fourth-order valence-electron chi connectivity index (χ4n) is 3.81. The van der Waals surface area contributed by atoms with Gasteiger partial charge >= 0.3 is 6.09 Å². The normalized spacial score (nSPS) is 24.6. The SMILES string of the molecule is CC(C)(C)OC(=O)N1CCN2c3ncc(C4CC4)cc3S(=O)(=O)CCC2C1. The summed E-state index contributed by atoms with van der Waals surface area (Å²) in [7, 11) is -3.37. The third-order valence-corrected chi connectivity index (χ3v) is 7.11. The first kappa shape index (κ1) is 18.5. The van der Waals surface area contributed by atoms with Gasteiger partial charge in [0.1, 0.15) is 16.3 Å². The zero-order valence-electron chi connectivity index (χ0n) is 16.1. The Kier molecular flexibility index (Phi) is 4.36. The topological polar surface area (TPSA) is 79.8 Å². The third-order valence-electron chi connectivity index (χ3n) is 5.36. The minimum absolute atomic E-state index is 0.0680. The van der Waals surface area contributed by atoms with Crippen LogP contribution in [0.15, 0.2) is 17.2 Å². The highest BCUT2D eigenvalue weighted by molar-refractivity contribution is 7.91. The van der Waals surface area contributed by atoms with Gasteiger partial charge in [-0.3, -0.25) is 0 Å². The van der Waals surface area contributed by atoms with E-state index < -0.39 is 15.4 Å². The van der Waals surface area contributed by atoms with E-state index in [4.69, 9.17) is 4.74 Å². The number of rotatable bonds is 1. The molecule has 4 rings (SSSR count). The molecule has 2 fully saturated rings. The van der Waals surface area contributed by atoms with Gasteiger partial charge in [-0.25, -0.2) is 18.2 Å². The highest BCUT2D eigenvalue weighted by Crippen LogP contribution is 2.42. The number of piperazine rings is 1. The molecule has 27 heavy (non-hydrogen) atoms. The molecule has 3 heterocycles. The molecular weight excluding hydrogens is 366 g/mol. The number of anilines is 1. The first-order chi connectivity index (χ1) is 12.6. The number of amides is 1. The van der Waals surface area contributed by atoms with Gasteiger partial charge in [-0.2, -0.15) is 0 Å². The second-order valence-corrected chi connectivity index (χ2v) is 10.8. The molecule has 3 aliphatic rings. The highest BCUT2D eigenvalue weighted by Gasteiger charge is 2.39. The van der Waals surface area contributed by atoms with Crippen LogP contribution >= 0.6 is 0 Å². The molecule has 8 heteroatoms. The van der Waals surface area contributed by atoms with Crippen molar-refractivity contribution < 1.29 is 17.9 Å². The molecule has 1 aromatic rings. The average molecular weight is 394 g/mol. The molecule has 1 atom stereocenters. The van der Waals surface area contributed by atoms with Crippen LogP contribution in [-0.4, -0.2) is 61.4 Å². The zero-order chi connectivity index (χ0) is 19.4. The van der Waals surface area contributed by atoms with Crippen LogP contribution < -0.4 is 4.90 Å². The summed E-state index contributed by atoms with van der Waals surface area (Å²) in [6.45, 7) is 7.04. The van der Waals surface area contributed by atoms with Crippen LogP contribution in [0.3, 0.4) is 0 Å². The summed E-state index contributed by atoms with van der Waals surface area (Å²) in [4.78, 5) is 21.1. The fraction of sp³-hybridized carbons (Fsp3) is 0.684. The van der Waals surface area contributed by atoms with Crippen LogP contribution in [0.4, 0.5) is 10.6 Å². The quantitative estimate of drug-likeness (QED) is 0.730. The molecule has 0 radical (unpaired) electrons. The number of ether oxygens (including phenoxy) is 1. The number of hydrogen-bond acceptors (Lipinski definition) is 6. The Morgan fingerprint density at radius 3 is 2.63 bits per heavy atom. The molecular formula is C19H27N3O4S. The highest BCUT2D eigenvalue weighted by atomic mass is 32.2.